The zero-order chi connectivity index (χ0) is 8.97. The zero-order valence-electron chi connectivity index (χ0n) is 8.00. The van der Waals surface area contributed by atoms with E-state index >= 15 is 0 Å². The Labute approximate surface area is 75.2 Å². The first-order valence-electron chi connectivity index (χ1n) is 5.14. The van der Waals surface area contributed by atoms with Crippen molar-refractivity contribution in [3.63, 3.8) is 0 Å². The van der Waals surface area contributed by atoms with Gasteiger partial charge in [-0.3, -0.25) is 0 Å². The average Bonchev–Trinajstić information content (AvgIpc) is 2.17. The molecule has 12 heavy (non-hydrogen) atoms. The van der Waals surface area contributed by atoms with Crippen LogP contribution in [-0.4, -0.2) is 17.8 Å². The number of rotatable bonds is 3. The summed E-state index contributed by atoms with van der Waals surface area (Å²) in [6, 6.07) is 0.0304. The van der Waals surface area contributed by atoms with Gasteiger partial charge < -0.3 is 10.8 Å². The van der Waals surface area contributed by atoms with Crippen molar-refractivity contribution in [2.75, 3.05) is 6.61 Å². The van der Waals surface area contributed by atoms with Crippen LogP contribution in [0.15, 0.2) is 0 Å². The van der Waals surface area contributed by atoms with E-state index in [-0.39, 0.29) is 12.6 Å². The van der Waals surface area contributed by atoms with E-state index < -0.39 is 0 Å². The summed E-state index contributed by atoms with van der Waals surface area (Å²) in [5.74, 6) is 1.50. The monoisotopic (exact) mass is 171 g/mol. The molecule has 1 saturated carbocycles. The van der Waals surface area contributed by atoms with Crippen LogP contribution in [0.1, 0.15) is 39.0 Å². The molecule has 0 spiro atoms. The quantitative estimate of drug-likeness (QED) is 0.676. The highest BCUT2D eigenvalue weighted by Crippen LogP contribution is 2.31. The third-order valence-corrected chi connectivity index (χ3v) is 3.29. The second-order valence-corrected chi connectivity index (χ2v) is 4.04. The molecule has 1 atom stereocenters. The number of hydrogen-bond acceptors (Lipinski definition) is 2. The molecule has 0 aromatic rings. The lowest BCUT2D eigenvalue weighted by atomic mass is 9.78. The van der Waals surface area contributed by atoms with E-state index in [0.717, 1.165) is 5.92 Å². The number of hydrogen-bond donors (Lipinski definition) is 2. The maximum Gasteiger partial charge on any atom is 0.0585 e. The molecular weight excluding hydrogens is 150 g/mol. The second-order valence-electron chi connectivity index (χ2n) is 4.04. The molecule has 0 radical (unpaired) electrons. The molecule has 1 fully saturated rings. The van der Waals surface area contributed by atoms with Gasteiger partial charge in [-0.25, -0.2) is 0 Å². The van der Waals surface area contributed by atoms with Crippen LogP contribution in [0.5, 0.6) is 0 Å². The predicted octanol–water partition coefficient (Wildman–Crippen LogP) is 1.52. The molecule has 0 bridgehead atoms. The van der Waals surface area contributed by atoms with Gasteiger partial charge in [-0.2, -0.15) is 0 Å². The summed E-state index contributed by atoms with van der Waals surface area (Å²) < 4.78 is 0. The summed E-state index contributed by atoms with van der Waals surface area (Å²) in [6.07, 6.45) is 6.38. The highest BCUT2D eigenvalue weighted by Gasteiger charge is 2.23. The van der Waals surface area contributed by atoms with Crippen LogP contribution in [0.25, 0.3) is 0 Å². The van der Waals surface area contributed by atoms with Crippen LogP contribution in [0.2, 0.25) is 0 Å². The van der Waals surface area contributed by atoms with Gasteiger partial charge in [0.05, 0.1) is 6.61 Å². The van der Waals surface area contributed by atoms with E-state index in [9.17, 15) is 0 Å². The van der Waals surface area contributed by atoms with Crippen LogP contribution < -0.4 is 5.73 Å². The maximum absolute atomic E-state index is 8.89. The fourth-order valence-corrected chi connectivity index (χ4v) is 2.17. The number of nitrogens with two attached hydrogens (primary N) is 1. The van der Waals surface area contributed by atoms with Crippen molar-refractivity contribution < 1.29 is 5.11 Å². The normalized spacial score (nSPS) is 33.2. The third kappa shape index (κ3) is 2.46. The Balaban J connectivity index is 2.25. The summed E-state index contributed by atoms with van der Waals surface area (Å²) in [5, 5.41) is 8.89. The van der Waals surface area contributed by atoms with Crippen molar-refractivity contribution >= 4 is 0 Å². The minimum atomic E-state index is 0.0304. The van der Waals surface area contributed by atoms with Gasteiger partial charge in [-0.05, 0) is 24.7 Å². The molecule has 3 N–H and O–H groups in total. The largest absolute Gasteiger partial charge is 0.395 e. The van der Waals surface area contributed by atoms with Crippen molar-refractivity contribution in [3.8, 4) is 0 Å². The van der Waals surface area contributed by atoms with Crippen LogP contribution in [0, 0.1) is 11.8 Å². The van der Waals surface area contributed by atoms with E-state index in [1.807, 2.05) is 0 Å². The molecule has 2 heteroatoms. The van der Waals surface area contributed by atoms with Gasteiger partial charge in [-0.15, -0.1) is 0 Å². The molecule has 0 unspecified atom stereocenters. The van der Waals surface area contributed by atoms with E-state index in [4.69, 9.17) is 10.8 Å². The summed E-state index contributed by atoms with van der Waals surface area (Å²) in [6.45, 7) is 2.42. The fourth-order valence-electron chi connectivity index (χ4n) is 2.17. The third-order valence-electron chi connectivity index (χ3n) is 3.29. The van der Waals surface area contributed by atoms with Crippen LogP contribution in [0.3, 0.4) is 0 Å². The first kappa shape index (κ1) is 10.0. The van der Waals surface area contributed by atoms with Crippen molar-refractivity contribution in [2.45, 2.75) is 45.1 Å². The minimum absolute atomic E-state index is 0.0304. The van der Waals surface area contributed by atoms with Crippen molar-refractivity contribution in [3.05, 3.63) is 0 Å². The van der Waals surface area contributed by atoms with Crippen LogP contribution >= 0.6 is 0 Å². The molecule has 0 aromatic heterocycles. The van der Waals surface area contributed by atoms with Crippen LogP contribution in [0.4, 0.5) is 0 Å². The molecule has 0 heterocycles. The average molecular weight is 171 g/mol. The minimum Gasteiger partial charge on any atom is -0.395 e. The van der Waals surface area contributed by atoms with Crippen molar-refractivity contribution in [2.24, 2.45) is 17.6 Å². The topological polar surface area (TPSA) is 46.2 Å². The summed E-state index contributed by atoms with van der Waals surface area (Å²) in [5.41, 5.74) is 5.78. The first-order valence-corrected chi connectivity index (χ1v) is 5.14. The molecule has 0 amide bonds. The smallest absolute Gasteiger partial charge is 0.0585 e. The van der Waals surface area contributed by atoms with Gasteiger partial charge in [0.1, 0.15) is 0 Å². The molecule has 2 nitrogen and oxygen atoms in total. The van der Waals surface area contributed by atoms with E-state index in [2.05, 4.69) is 6.92 Å². The van der Waals surface area contributed by atoms with Gasteiger partial charge in [0, 0.05) is 6.04 Å². The SMILES string of the molecule is CCC1CCC([C@@H](N)CO)CC1. The fraction of sp³-hybridized carbons (Fsp3) is 1.00. The van der Waals surface area contributed by atoms with Gasteiger partial charge in [0.25, 0.3) is 0 Å². The Morgan fingerprint density at radius 3 is 2.33 bits per heavy atom. The van der Waals surface area contributed by atoms with Crippen LogP contribution in [-0.2, 0) is 0 Å². The van der Waals surface area contributed by atoms with E-state index in [1.165, 1.54) is 32.1 Å². The molecule has 0 saturated heterocycles. The predicted molar refractivity (Wildman–Crippen MR) is 50.8 cm³/mol. The van der Waals surface area contributed by atoms with Crippen molar-refractivity contribution in [1.29, 1.82) is 0 Å². The molecule has 1 aliphatic rings. The molecule has 72 valence electrons. The second kappa shape index (κ2) is 4.83. The molecule has 1 rings (SSSR count). The summed E-state index contributed by atoms with van der Waals surface area (Å²) in [4.78, 5) is 0. The molecule has 0 aromatic carbocycles. The molecule has 1 aliphatic carbocycles. The molecule has 0 aliphatic heterocycles. The number of aliphatic hydroxyl groups is 1. The van der Waals surface area contributed by atoms with E-state index in [0.29, 0.717) is 5.92 Å². The Bertz CT molecular complexity index is 119. The molecular formula is C10H21NO. The summed E-state index contributed by atoms with van der Waals surface area (Å²) >= 11 is 0. The van der Waals surface area contributed by atoms with Gasteiger partial charge in [0.2, 0.25) is 0 Å². The Morgan fingerprint density at radius 2 is 1.92 bits per heavy atom. The summed E-state index contributed by atoms with van der Waals surface area (Å²) in [7, 11) is 0. The Kier molecular flexibility index (Phi) is 4.02. The lowest BCUT2D eigenvalue weighted by molar-refractivity contribution is 0.176. The first-order chi connectivity index (χ1) is 5.77. The number of aliphatic hydroxyl groups excluding tert-OH is 1. The highest BCUT2D eigenvalue weighted by molar-refractivity contribution is 4.78. The Hall–Kier alpha value is -0.0800. The Morgan fingerprint density at radius 1 is 1.33 bits per heavy atom. The highest BCUT2D eigenvalue weighted by atomic mass is 16.3. The van der Waals surface area contributed by atoms with Gasteiger partial charge >= 0.3 is 0 Å². The lowest BCUT2D eigenvalue weighted by Gasteiger charge is -2.30. The maximum atomic E-state index is 8.89. The van der Waals surface area contributed by atoms with Gasteiger partial charge in [0.15, 0.2) is 0 Å². The van der Waals surface area contributed by atoms with Gasteiger partial charge in [-0.1, -0.05) is 26.2 Å². The standard InChI is InChI=1S/C10H21NO/c1-2-8-3-5-9(6-4-8)10(11)7-12/h8-10,12H,2-7,11H2,1H3/t8?,9?,10-/m0/s1. The van der Waals surface area contributed by atoms with E-state index in [1.54, 1.807) is 0 Å². The van der Waals surface area contributed by atoms with Crippen molar-refractivity contribution in [1.82, 2.24) is 0 Å². The lowest BCUT2D eigenvalue weighted by Crippen LogP contribution is -2.35. The zero-order valence-corrected chi connectivity index (χ0v) is 8.00.